The van der Waals surface area contributed by atoms with Crippen molar-refractivity contribution in [2.45, 2.75) is 59.8 Å². The van der Waals surface area contributed by atoms with Gasteiger partial charge in [0.1, 0.15) is 0 Å². The molecule has 0 aromatic carbocycles. The quantitative estimate of drug-likeness (QED) is 0.264. The molecule has 0 bridgehead atoms. The van der Waals surface area contributed by atoms with Crippen LogP contribution in [0.5, 0.6) is 0 Å². The van der Waals surface area contributed by atoms with E-state index in [9.17, 15) is 0 Å². The first-order chi connectivity index (χ1) is 13.6. The summed E-state index contributed by atoms with van der Waals surface area (Å²) < 4.78 is 0. The van der Waals surface area contributed by atoms with E-state index in [1.54, 1.807) is 0 Å². The summed E-state index contributed by atoms with van der Waals surface area (Å²) in [5.74, 6) is 0. The fourth-order valence-corrected chi connectivity index (χ4v) is 2.81. The van der Waals surface area contributed by atoms with Crippen LogP contribution in [-0.2, 0) is 6.42 Å². The SMILES string of the molecule is C#C.C/C=C\C=C(\C/C=C\CC)CCO.CC.CN(C)CCCc1cccs1. The molecule has 0 aliphatic heterocycles. The second kappa shape index (κ2) is 27.6. The molecule has 0 fully saturated rings. The van der Waals surface area contributed by atoms with E-state index in [1.807, 2.05) is 44.3 Å². The molecule has 0 amide bonds. The van der Waals surface area contributed by atoms with Crippen LogP contribution in [0.1, 0.15) is 58.3 Å². The van der Waals surface area contributed by atoms with Gasteiger partial charge in [-0.25, -0.2) is 0 Å². The lowest BCUT2D eigenvalue weighted by molar-refractivity contribution is 0.298. The molecule has 0 unspecified atom stereocenters. The molecule has 0 saturated carbocycles. The Kier molecular flexibility index (Phi) is 30.7. The number of hydrogen-bond donors (Lipinski definition) is 1. The summed E-state index contributed by atoms with van der Waals surface area (Å²) in [4.78, 5) is 3.74. The number of nitrogens with zero attached hydrogens (tertiary/aromatic N) is 1. The molecule has 0 radical (unpaired) electrons. The van der Waals surface area contributed by atoms with E-state index in [-0.39, 0.29) is 6.61 Å². The van der Waals surface area contributed by atoms with Crippen molar-refractivity contribution in [2.24, 2.45) is 0 Å². The molecule has 1 aromatic rings. The minimum atomic E-state index is 0.239. The highest BCUT2D eigenvalue weighted by Gasteiger charge is 1.94. The number of hydrogen-bond acceptors (Lipinski definition) is 3. The topological polar surface area (TPSA) is 23.5 Å². The van der Waals surface area contributed by atoms with Crippen LogP contribution in [0, 0.1) is 12.8 Å². The summed E-state index contributed by atoms with van der Waals surface area (Å²) in [6.45, 7) is 9.55. The van der Waals surface area contributed by atoms with E-state index in [0.717, 1.165) is 19.3 Å². The molecule has 2 nitrogen and oxygen atoms in total. The molecule has 28 heavy (non-hydrogen) atoms. The Labute approximate surface area is 179 Å². The number of thiophene rings is 1. The summed E-state index contributed by atoms with van der Waals surface area (Å²) in [5.41, 5.74) is 1.28. The van der Waals surface area contributed by atoms with Gasteiger partial charge in [-0.3, -0.25) is 0 Å². The molecule has 0 saturated heterocycles. The third-order valence-corrected chi connectivity index (χ3v) is 4.28. The first-order valence-corrected chi connectivity index (χ1v) is 11.1. The standard InChI is InChI=1S/C12H20O.C9H15NS.C2H6.C2H2/c1-3-5-7-9-12(10-11-13)8-6-4-2;1-10(2)7-3-5-9-6-4-8-11-9;2*1-2/h4-8,13H,3,9-11H2,1-2H3;4,6,8H,3,5,7H2,1-2H3;1-2H3;1-2H/b6-4-,7-5-,12-8-;;;. The van der Waals surface area contributed by atoms with Crippen molar-refractivity contribution in [1.82, 2.24) is 4.90 Å². The van der Waals surface area contributed by atoms with Gasteiger partial charge < -0.3 is 10.0 Å². The smallest absolute Gasteiger partial charge is 0.0468 e. The summed E-state index contributed by atoms with van der Waals surface area (Å²) in [5, 5.41) is 10.9. The minimum absolute atomic E-state index is 0.239. The van der Waals surface area contributed by atoms with Crippen LogP contribution in [0.4, 0.5) is 0 Å². The predicted octanol–water partition coefficient (Wildman–Crippen LogP) is 6.75. The van der Waals surface area contributed by atoms with Gasteiger partial charge in [0.05, 0.1) is 0 Å². The Hall–Kier alpha value is -1.60. The summed E-state index contributed by atoms with van der Waals surface area (Å²) in [6.07, 6.45) is 23.7. The van der Waals surface area contributed by atoms with Gasteiger partial charge in [0, 0.05) is 11.5 Å². The highest BCUT2D eigenvalue weighted by atomic mass is 32.1. The highest BCUT2D eigenvalue weighted by Crippen LogP contribution is 2.10. The number of allylic oxidation sites excluding steroid dienone is 5. The Morgan fingerprint density at radius 1 is 1.21 bits per heavy atom. The lowest BCUT2D eigenvalue weighted by Crippen LogP contribution is -2.13. The van der Waals surface area contributed by atoms with Crippen molar-refractivity contribution >= 4 is 11.3 Å². The summed E-state index contributed by atoms with van der Waals surface area (Å²) in [6, 6.07) is 4.33. The molecule has 0 aliphatic carbocycles. The maximum Gasteiger partial charge on any atom is 0.0468 e. The minimum Gasteiger partial charge on any atom is -0.396 e. The molecule has 3 heteroatoms. The number of aliphatic hydroxyl groups is 1. The maximum absolute atomic E-state index is 8.80. The second-order valence-electron chi connectivity index (χ2n) is 5.89. The molecule has 1 aromatic heterocycles. The van der Waals surface area contributed by atoms with Crippen LogP contribution in [0.15, 0.2) is 53.5 Å². The van der Waals surface area contributed by atoms with Crippen LogP contribution in [0.2, 0.25) is 0 Å². The number of aliphatic hydroxyl groups excluding tert-OH is 1. The van der Waals surface area contributed by atoms with Crippen molar-refractivity contribution in [1.29, 1.82) is 0 Å². The van der Waals surface area contributed by atoms with E-state index >= 15 is 0 Å². The Morgan fingerprint density at radius 3 is 2.36 bits per heavy atom. The van der Waals surface area contributed by atoms with Crippen LogP contribution in [0.3, 0.4) is 0 Å². The first-order valence-electron chi connectivity index (χ1n) is 10.2. The van der Waals surface area contributed by atoms with Gasteiger partial charge in [-0.15, -0.1) is 24.2 Å². The molecular weight excluding hydrogens is 362 g/mol. The average molecular weight is 406 g/mol. The predicted molar refractivity (Wildman–Crippen MR) is 131 cm³/mol. The van der Waals surface area contributed by atoms with Crippen LogP contribution >= 0.6 is 11.3 Å². The van der Waals surface area contributed by atoms with Gasteiger partial charge >= 0.3 is 0 Å². The summed E-state index contributed by atoms with van der Waals surface area (Å²) >= 11 is 1.86. The Balaban J connectivity index is -0.000000381. The fraction of sp³-hybridized carbons (Fsp3) is 0.520. The molecule has 1 rings (SSSR count). The molecule has 0 aliphatic rings. The lowest BCUT2D eigenvalue weighted by atomic mass is 10.1. The Morgan fingerprint density at radius 2 is 1.89 bits per heavy atom. The molecule has 1 N–H and O–H groups in total. The zero-order valence-electron chi connectivity index (χ0n) is 19.0. The van der Waals surface area contributed by atoms with Crippen molar-refractivity contribution < 1.29 is 5.11 Å². The maximum atomic E-state index is 8.80. The van der Waals surface area contributed by atoms with Crippen molar-refractivity contribution in [3.63, 3.8) is 0 Å². The van der Waals surface area contributed by atoms with Crippen LogP contribution in [-0.4, -0.2) is 37.3 Å². The highest BCUT2D eigenvalue weighted by molar-refractivity contribution is 7.09. The second-order valence-corrected chi connectivity index (χ2v) is 6.93. The molecule has 0 atom stereocenters. The third-order valence-electron chi connectivity index (χ3n) is 3.35. The van der Waals surface area contributed by atoms with E-state index in [4.69, 9.17) is 5.11 Å². The monoisotopic (exact) mass is 405 g/mol. The van der Waals surface area contributed by atoms with Gasteiger partial charge in [-0.05, 0) is 71.1 Å². The fourth-order valence-electron chi connectivity index (χ4n) is 2.06. The first kappa shape index (κ1) is 31.1. The molecule has 160 valence electrons. The zero-order chi connectivity index (χ0) is 22.0. The normalized spacial score (nSPS) is 10.7. The third kappa shape index (κ3) is 24.4. The zero-order valence-corrected chi connectivity index (χ0v) is 19.8. The van der Waals surface area contributed by atoms with E-state index in [0.29, 0.717) is 0 Å². The van der Waals surface area contributed by atoms with Gasteiger partial charge in [0.15, 0.2) is 0 Å². The van der Waals surface area contributed by atoms with E-state index in [1.165, 1.54) is 29.8 Å². The van der Waals surface area contributed by atoms with Crippen molar-refractivity contribution in [3.05, 3.63) is 58.3 Å². The number of rotatable bonds is 10. The van der Waals surface area contributed by atoms with Gasteiger partial charge in [0.25, 0.3) is 0 Å². The molecule has 1 heterocycles. The Bertz CT molecular complexity index is 496. The van der Waals surface area contributed by atoms with Crippen LogP contribution in [0.25, 0.3) is 0 Å². The van der Waals surface area contributed by atoms with Gasteiger partial charge in [-0.2, -0.15) is 0 Å². The van der Waals surface area contributed by atoms with Gasteiger partial charge in [0.2, 0.25) is 0 Å². The lowest BCUT2D eigenvalue weighted by Gasteiger charge is -2.07. The van der Waals surface area contributed by atoms with Crippen molar-refractivity contribution in [2.75, 3.05) is 27.2 Å². The van der Waals surface area contributed by atoms with E-state index in [2.05, 4.69) is 74.5 Å². The number of terminal acetylenes is 1. The van der Waals surface area contributed by atoms with Crippen molar-refractivity contribution in [3.8, 4) is 12.8 Å². The number of aryl methyl sites for hydroxylation is 1. The average Bonchev–Trinajstić information content (AvgIpc) is 3.23. The largest absolute Gasteiger partial charge is 0.396 e. The molecule has 0 spiro atoms. The molecular formula is C25H43NOS. The van der Waals surface area contributed by atoms with Gasteiger partial charge in [-0.1, -0.05) is 62.8 Å². The van der Waals surface area contributed by atoms with Crippen LogP contribution < -0.4 is 0 Å². The summed E-state index contributed by atoms with van der Waals surface area (Å²) in [7, 11) is 4.24. The van der Waals surface area contributed by atoms with E-state index < -0.39 is 0 Å².